The van der Waals surface area contributed by atoms with E-state index < -0.39 is 0 Å². The highest BCUT2D eigenvalue weighted by molar-refractivity contribution is 5.77. The van der Waals surface area contributed by atoms with Crippen LogP contribution in [-0.4, -0.2) is 32.3 Å². The largest absolute Gasteiger partial charge is 0.359 e. The van der Waals surface area contributed by atoms with Gasteiger partial charge in [-0.15, -0.1) is 0 Å². The Morgan fingerprint density at radius 3 is 2.67 bits per heavy atom. The standard InChI is InChI=1S/C23H29N5O2/c1-15-7-5-8-16(2)22(15)24-23-19-14-27(12-10-20(19)30-26-23)21(29)9-6-11-28-18(4)13-17(3)25-28/h5,7-8,13H,6,9-12,14H2,1-4H3,(H,24,26). The van der Waals surface area contributed by atoms with Gasteiger partial charge in [-0.3, -0.25) is 9.48 Å². The maximum atomic E-state index is 12.8. The van der Waals surface area contributed by atoms with Crippen LogP contribution in [0.15, 0.2) is 28.8 Å². The second-order valence-corrected chi connectivity index (χ2v) is 8.14. The number of nitrogens with zero attached hydrogens (tertiary/aromatic N) is 4. The number of aryl methyl sites for hydroxylation is 5. The highest BCUT2D eigenvalue weighted by Crippen LogP contribution is 2.31. The first kappa shape index (κ1) is 20.2. The van der Waals surface area contributed by atoms with E-state index in [-0.39, 0.29) is 5.91 Å². The lowest BCUT2D eigenvalue weighted by Gasteiger charge is -2.26. The zero-order valence-corrected chi connectivity index (χ0v) is 18.2. The Labute approximate surface area is 177 Å². The average Bonchev–Trinajstić information content (AvgIpc) is 3.26. The van der Waals surface area contributed by atoms with Gasteiger partial charge in [-0.1, -0.05) is 23.4 Å². The summed E-state index contributed by atoms with van der Waals surface area (Å²) in [5.74, 6) is 1.75. The third kappa shape index (κ3) is 4.10. The fourth-order valence-corrected chi connectivity index (χ4v) is 4.09. The van der Waals surface area contributed by atoms with Gasteiger partial charge in [0.25, 0.3) is 0 Å². The number of hydrogen-bond donors (Lipinski definition) is 1. The van der Waals surface area contributed by atoms with E-state index in [4.69, 9.17) is 4.52 Å². The van der Waals surface area contributed by atoms with E-state index in [2.05, 4.69) is 47.6 Å². The molecule has 3 aromatic rings. The summed E-state index contributed by atoms with van der Waals surface area (Å²) < 4.78 is 7.54. The van der Waals surface area contributed by atoms with E-state index in [9.17, 15) is 4.79 Å². The van der Waals surface area contributed by atoms with Crippen LogP contribution < -0.4 is 5.32 Å². The Morgan fingerprint density at radius 1 is 1.20 bits per heavy atom. The zero-order valence-electron chi connectivity index (χ0n) is 18.2. The van der Waals surface area contributed by atoms with E-state index in [0.29, 0.717) is 31.7 Å². The number of benzene rings is 1. The van der Waals surface area contributed by atoms with Crippen LogP contribution >= 0.6 is 0 Å². The maximum Gasteiger partial charge on any atom is 0.222 e. The Hall–Kier alpha value is -3.09. The number of fused-ring (bicyclic) bond motifs is 1. The first-order chi connectivity index (χ1) is 14.4. The molecular weight excluding hydrogens is 378 g/mol. The Morgan fingerprint density at radius 2 is 1.97 bits per heavy atom. The molecule has 7 nitrogen and oxygen atoms in total. The molecule has 1 aliphatic rings. The van der Waals surface area contributed by atoms with Gasteiger partial charge in [0.1, 0.15) is 5.76 Å². The first-order valence-corrected chi connectivity index (χ1v) is 10.5. The zero-order chi connectivity index (χ0) is 21.3. The van der Waals surface area contributed by atoms with Crippen LogP contribution in [0.25, 0.3) is 0 Å². The third-order valence-electron chi connectivity index (χ3n) is 5.77. The van der Waals surface area contributed by atoms with Crippen LogP contribution in [0.1, 0.15) is 46.7 Å². The highest BCUT2D eigenvalue weighted by atomic mass is 16.5. The average molecular weight is 408 g/mol. The van der Waals surface area contributed by atoms with E-state index in [1.54, 1.807) is 0 Å². The van der Waals surface area contributed by atoms with Crippen LogP contribution in [0.2, 0.25) is 0 Å². The first-order valence-electron chi connectivity index (χ1n) is 10.5. The molecule has 1 aliphatic heterocycles. The second-order valence-electron chi connectivity index (χ2n) is 8.14. The molecule has 0 aliphatic carbocycles. The van der Waals surface area contributed by atoms with Gasteiger partial charge < -0.3 is 14.7 Å². The lowest BCUT2D eigenvalue weighted by Crippen LogP contribution is -2.35. The van der Waals surface area contributed by atoms with Gasteiger partial charge in [0.15, 0.2) is 5.82 Å². The topological polar surface area (TPSA) is 76.2 Å². The summed E-state index contributed by atoms with van der Waals surface area (Å²) in [5, 5.41) is 12.1. The number of carbonyl (C=O) groups excluding carboxylic acids is 1. The molecular formula is C23H29N5O2. The number of para-hydroxylation sites is 1. The summed E-state index contributed by atoms with van der Waals surface area (Å²) in [4.78, 5) is 14.7. The Bertz CT molecular complexity index is 1050. The molecule has 30 heavy (non-hydrogen) atoms. The molecule has 0 radical (unpaired) electrons. The van der Waals surface area contributed by atoms with Gasteiger partial charge in [0.2, 0.25) is 5.91 Å². The molecule has 0 saturated carbocycles. The predicted octanol–water partition coefficient (Wildman–Crippen LogP) is 4.21. The number of amides is 1. The SMILES string of the molecule is Cc1cc(C)n(CCCC(=O)N2CCc3onc(Nc4c(C)cccc4C)c3C2)n1. The minimum Gasteiger partial charge on any atom is -0.359 e. The van der Waals surface area contributed by atoms with Crippen LogP contribution in [0, 0.1) is 27.7 Å². The lowest BCUT2D eigenvalue weighted by molar-refractivity contribution is -0.132. The number of nitrogens with one attached hydrogen (secondary N) is 1. The molecule has 7 heteroatoms. The molecule has 158 valence electrons. The summed E-state index contributed by atoms with van der Waals surface area (Å²) in [6.07, 6.45) is 1.99. The number of aromatic nitrogens is 3. The van der Waals surface area contributed by atoms with Crippen molar-refractivity contribution in [2.24, 2.45) is 0 Å². The van der Waals surface area contributed by atoms with Crippen molar-refractivity contribution in [1.82, 2.24) is 19.8 Å². The van der Waals surface area contributed by atoms with Gasteiger partial charge in [-0.25, -0.2) is 0 Å². The van der Waals surface area contributed by atoms with E-state index in [0.717, 1.165) is 52.5 Å². The molecule has 0 saturated heterocycles. The fourth-order valence-electron chi connectivity index (χ4n) is 4.09. The van der Waals surface area contributed by atoms with Crippen molar-refractivity contribution in [3.05, 3.63) is 58.1 Å². The van der Waals surface area contributed by atoms with Crippen molar-refractivity contribution in [2.75, 3.05) is 11.9 Å². The minimum atomic E-state index is 0.168. The molecule has 0 fully saturated rings. The molecule has 0 unspecified atom stereocenters. The molecule has 3 heterocycles. The predicted molar refractivity (Wildman–Crippen MR) is 116 cm³/mol. The van der Waals surface area contributed by atoms with Gasteiger partial charge in [-0.2, -0.15) is 5.10 Å². The Balaban J connectivity index is 1.40. The van der Waals surface area contributed by atoms with Crippen molar-refractivity contribution < 1.29 is 9.32 Å². The number of anilines is 2. The summed E-state index contributed by atoms with van der Waals surface area (Å²) in [6.45, 7) is 10.1. The summed E-state index contributed by atoms with van der Waals surface area (Å²) in [5.41, 5.74) is 6.48. The van der Waals surface area contributed by atoms with E-state index in [1.165, 1.54) is 0 Å². The number of rotatable bonds is 6. The van der Waals surface area contributed by atoms with Crippen LogP contribution in [-0.2, 0) is 24.3 Å². The van der Waals surface area contributed by atoms with Crippen molar-refractivity contribution in [1.29, 1.82) is 0 Å². The summed E-state index contributed by atoms with van der Waals surface area (Å²) in [7, 11) is 0. The van der Waals surface area contributed by atoms with Crippen LogP contribution in [0.5, 0.6) is 0 Å². The Kier molecular flexibility index (Phi) is 5.61. The molecule has 0 bridgehead atoms. The molecule has 1 aromatic carbocycles. The molecule has 4 rings (SSSR count). The molecule has 2 aromatic heterocycles. The van der Waals surface area contributed by atoms with Gasteiger partial charge in [0, 0.05) is 37.3 Å². The normalized spacial score (nSPS) is 13.4. The monoisotopic (exact) mass is 407 g/mol. The van der Waals surface area contributed by atoms with Gasteiger partial charge >= 0.3 is 0 Å². The number of carbonyl (C=O) groups is 1. The quantitative estimate of drug-likeness (QED) is 0.662. The van der Waals surface area contributed by atoms with E-state index in [1.807, 2.05) is 29.5 Å². The second kappa shape index (κ2) is 8.34. The smallest absolute Gasteiger partial charge is 0.222 e. The number of hydrogen-bond acceptors (Lipinski definition) is 5. The van der Waals surface area contributed by atoms with Crippen molar-refractivity contribution >= 4 is 17.4 Å². The lowest BCUT2D eigenvalue weighted by atomic mass is 10.1. The van der Waals surface area contributed by atoms with Crippen molar-refractivity contribution in [3.8, 4) is 0 Å². The maximum absolute atomic E-state index is 12.8. The van der Waals surface area contributed by atoms with Gasteiger partial charge in [0.05, 0.1) is 17.8 Å². The fraction of sp³-hybridized carbons (Fsp3) is 0.435. The summed E-state index contributed by atoms with van der Waals surface area (Å²) >= 11 is 0. The molecule has 0 spiro atoms. The van der Waals surface area contributed by atoms with Crippen molar-refractivity contribution in [3.63, 3.8) is 0 Å². The van der Waals surface area contributed by atoms with Crippen LogP contribution in [0.4, 0.5) is 11.5 Å². The minimum absolute atomic E-state index is 0.168. The highest BCUT2D eigenvalue weighted by Gasteiger charge is 2.27. The summed E-state index contributed by atoms with van der Waals surface area (Å²) in [6, 6.07) is 8.24. The third-order valence-corrected chi connectivity index (χ3v) is 5.77. The van der Waals surface area contributed by atoms with E-state index >= 15 is 0 Å². The molecule has 1 amide bonds. The van der Waals surface area contributed by atoms with Crippen molar-refractivity contribution in [2.45, 2.75) is 60.0 Å². The molecule has 0 atom stereocenters. The van der Waals surface area contributed by atoms with Gasteiger partial charge in [-0.05, 0) is 51.3 Å². The van der Waals surface area contributed by atoms with Crippen LogP contribution in [0.3, 0.4) is 0 Å². The molecule has 1 N–H and O–H groups in total.